The minimum atomic E-state index is 0.0170. The molecule has 0 bridgehead atoms. The number of ether oxygens (including phenoxy) is 1. The fraction of sp³-hybridized carbons (Fsp3) is 0.500. The Morgan fingerprint density at radius 1 is 1.50 bits per heavy atom. The maximum atomic E-state index is 11.4. The molecule has 0 atom stereocenters. The first-order chi connectivity index (χ1) is 7.81. The smallest absolute Gasteiger partial charge is 0.242 e. The fourth-order valence-corrected chi connectivity index (χ4v) is 1.65. The van der Waals surface area contributed by atoms with Crippen molar-refractivity contribution in [2.45, 2.75) is 19.3 Å². The molecule has 0 unspecified atom stereocenters. The number of carbonyl (C=O) groups excluding carboxylic acids is 1. The molecule has 86 valence electrons. The van der Waals surface area contributed by atoms with Crippen LogP contribution in [0.2, 0.25) is 0 Å². The lowest BCUT2D eigenvalue weighted by Crippen LogP contribution is -2.41. The van der Waals surface area contributed by atoms with E-state index in [2.05, 4.69) is 15.4 Å². The number of nitrogens with zero attached hydrogens (tertiary/aromatic N) is 3. The molecular formula is C10H14N4O2. The molecule has 6 nitrogen and oxygen atoms in total. The van der Waals surface area contributed by atoms with Crippen LogP contribution in [-0.2, 0) is 4.79 Å². The van der Waals surface area contributed by atoms with Crippen LogP contribution in [0.1, 0.15) is 19.3 Å². The summed E-state index contributed by atoms with van der Waals surface area (Å²) < 4.78 is 5.13. The largest absolute Gasteiger partial charge is 0.479 e. The van der Waals surface area contributed by atoms with E-state index in [0.29, 0.717) is 18.0 Å². The van der Waals surface area contributed by atoms with E-state index in [4.69, 9.17) is 4.74 Å². The van der Waals surface area contributed by atoms with Gasteiger partial charge in [0.15, 0.2) is 0 Å². The Morgan fingerprint density at radius 2 is 2.38 bits per heavy atom. The van der Waals surface area contributed by atoms with Gasteiger partial charge in [-0.2, -0.15) is 4.98 Å². The second-order valence-corrected chi connectivity index (χ2v) is 3.56. The summed E-state index contributed by atoms with van der Waals surface area (Å²) in [6, 6.07) is 0. The number of hydrogen-bond acceptors (Lipinski definition) is 5. The molecule has 1 amide bonds. The molecule has 0 radical (unpaired) electrons. The summed E-state index contributed by atoms with van der Waals surface area (Å²) in [6.45, 7) is 0.746. The second kappa shape index (κ2) is 4.78. The molecule has 1 saturated heterocycles. The highest BCUT2D eigenvalue weighted by Crippen LogP contribution is 2.23. The number of aromatic nitrogens is 2. The summed E-state index contributed by atoms with van der Waals surface area (Å²) in [5.74, 6) is 0.487. The number of anilines is 1. The monoisotopic (exact) mass is 222 g/mol. The maximum absolute atomic E-state index is 11.4. The zero-order valence-electron chi connectivity index (χ0n) is 9.14. The predicted octanol–water partition coefficient (Wildman–Crippen LogP) is 0.507. The summed E-state index contributed by atoms with van der Waals surface area (Å²) in [6.07, 6.45) is 5.47. The number of nitrogens with one attached hydrogen (secondary N) is 1. The topological polar surface area (TPSA) is 67.4 Å². The number of rotatable bonds is 2. The van der Waals surface area contributed by atoms with E-state index in [9.17, 15) is 4.79 Å². The highest BCUT2D eigenvalue weighted by molar-refractivity contribution is 5.78. The lowest BCUT2D eigenvalue weighted by Gasteiger charge is -2.23. The van der Waals surface area contributed by atoms with Crippen LogP contribution >= 0.6 is 0 Å². The quantitative estimate of drug-likeness (QED) is 0.789. The van der Waals surface area contributed by atoms with E-state index in [1.807, 2.05) is 0 Å². The molecule has 16 heavy (non-hydrogen) atoms. The van der Waals surface area contributed by atoms with Crippen molar-refractivity contribution in [3.8, 4) is 5.88 Å². The van der Waals surface area contributed by atoms with Gasteiger partial charge >= 0.3 is 0 Å². The number of amides is 1. The van der Waals surface area contributed by atoms with Gasteiger partial charge in [-0.25, -0.2) is 4.98 Å². The van der Waals surface area contributed by atoms with E-state index < -0.39 is 0 Å². The van der Waals surface area contributed by atoms with E-state index in [-0.39, 0.29) is 5.91 Å². The standard InChI is InChI=1S/C10H14N4O2/c1-16-10-8(6-11-7-12-10)14-5-3-2-4-9(15)13-14/h6-7H,2-5H2,1H3,(H,13,15). The average molecular weight is 222 g/mol. The number of methoxy groups -OCH3 is 1. The third-order valence-electron chi connectivity index (χ3n) is 2.44. The van der Waals surface area contributed by atoms with Gasteiger partial charge in [0.05, 0.1) is 13.3 Å². The molecular weight excluding hydrogens is 208 g/mol. The molecule has 2 heterocycles. The van der Waals surface area contributed by atoms with Crippen molar-refractivity contribution in [2.75, 3.05) is 18.7 Å². The summed E-state index contributed by atoms with van der Waals surface area (Å²) in [4.78, 5) is 19.4. The molecule has 2 rings (SSSR count). The van der Waals surface area contributed by atoms with Gasteiger partial charge in [-0.3, -0.25) is 15.2 Å². The zero-order chi connectivity index (χ0) is 11.4. The average Bonchev–Trinajstić information content (AvgIpc) is 2.54. The van der Waals surface area contributed by atoms with Crippen molar-refractivity contribution < 1.29 is 9.53 Å². The van der Waals surface area contributed by atoms with Gasteiger partial charge in [-0.05, 0) is 12.8 Å². The number of hydrogen-bond donors (Lipinski definition) is 1. The highest BCUT2D eigenvalue weighted by Gasteiger charge is 2.18. The predicted molar refractivity (Wildman–Crippen MR) is 57.9 cm³/mol. The van der Waals surface area contributed by atoms with E-state index in [1.54, 1.807) is 18.3 Å². The molecule has 0 aliphatic carbocycles. The number of carbonyl (C=O) groups is 1. The van der Waals surface area contributed by atoms with E-state index in [0.717, 1.165) is 19.4 Å². The van der Waals surface area contributed by atoms with Gasteiger partial charge in [0.25, 0.3) is 0 Å². The molecule has 0 spiro atoms. The Labute approximate surface area is 93.6 Å². The summed E-state index contributed by atoms with van der Waals surface area (Å²) >= 11 is 0. The van der Waals surface area contributed by atoms with Crippen molar-refractivity contribution >= 4 is 11.6 Å². The summed E-state index contributed by atoms with van der Waals surface area (Å²) in [5.41, 5.74) is 3.50. The highest BCUT2D eigenvalue weighted by atomic mass is 16.5. The molecule has 0 saturated carbocycles. The molecule has 1 aromatic heterocycles. The molecule has 1 aliphatic heterocycles. The van der Waals surface area contributed by atoms with Crippen LogP contribution in [0.5, 0.6) is 5.88 Å². The Morgan fingerprint density at radius 3 is 3.19 bits per heavy atom. The Balaban J connectivity index is 2.24. The van der Waals surface area contributed by atoms with E-state index >= 15 is 0 Å². The first-order valence-corrected chi connectivity index (χ1v) is 5.22. The normalized spacial score (nSPS) is 16.6. The lowest BCUT2D eigenvalue weighted by atomic mass is 10.2. The lowest BCUT2D eigenvalue weighted by molar-refractivity contribution is -0.120. The molecule has 1 aliphatic rings. The molecule has 1 fully saturated rings. The van der Waals surface area contributed by atoms with Crippen LogP contribution < -0.4 is 15.2 Å². The molecule has 1 aromatic rings. The van der Waals surface area contributed by atoms with Gasteiger partial charge in [0, 0.05) is 13.0 Å². The Hall–Kier alpha value is -1.85. The van der Waals surface area contributed by atoms with E-state index in [1.165, 1.54) is 6.33 Å². The first-order valence-electron chi connectivity index (χ1n) is 5.22. The fourth-order valence-electron chi connectivity index (χ4n) is 1.65. The van der Waals surface area contributed by atoms with Gasteiger partial charge in [0.1, 0.15) is 12.0 Å². The van der Waals surface area contributed by atoms with Gasteiger partial charge in [-0.1, -0.05) is 0 Å². The number of hydrazine groups is 1. The van der Waals surface area contributed by atoms with Crippen LogP contribution in [0.25, 0.3) is 0 Å². The Kier molecular flexibility index (Phi) is 3.19. The summed E-state index contributed by atoms with van der Waals surface area (Å²) in [7, 11) is 1.55. The van der Waals surface area contributed by atoms with Crippen molar-refractivity contribution in [2.24, 2.45) is 0 Å². The minimum absolute atomic E-state index is 0.0170. The Bertz CT molecular complexity index is 383. The van der Waals surface area contributed by atoms with Crippen molar-refractivity contribution in [3.63, 3.8) is 0 Å². The molecule has 0 aromatic carbocycles. The van der Waals surface area contributed by atoms with Crippen molar-refractivity contribution in [1.29, 1.82) is 0 Å². The van der Waals surface area contributed by atoms with Gasteiger partial charge < -0.3 is 4.74 Å². The SMILES string of the molecule is COc1ncncc1N1CCCCC(=O)N1. The van der Waals surface area contributed by atoms with Crippen LogP contribution in [-0.4, -0.2) is 29.5 Å². The first kappa shape index (κ1) is 10.7. The van der Waals surface area contributed by atoms with Gasteiger partial charge in [-0.15, -0.1) is 0 Å². The third-order valence-corrected chi connectivity index (χ3v) is 2.44. The zero-order valence-corrected chi connectivity index (χ0v) is 9.14. The van der Waals surface area contributed by atoms with Crippen molar-refractivity contribution in [3.05, 3.63) is 12.5 Å². The van der Waals surface area contributed by atoms with Crippen LogP contribution in [0.3, 0.4) is 0 Å². The van der Waals surface area contributed by atoms with Crippen LogP contribution in [0.15, 0.2) is 12.5 Å². The second-order valence-electron chi connectivity index (χ2n) is 3.56. The molecule has 1 N–H and O–H groups in total. The van der Waals surface area contributed by atoms with Gasteiger partial charge in [0.2, 0.25) is 11.8 Å². The van der Waals surface area contributed by atoms with Crippen molar-refractivity contribution in [1.82, 2.24) is 15.4 Å². The third kappa shape index (κ3) is 2.21. The minimum Gasteiger partial charge on any atom is -0.479 e. The van der Waals surface area contributed by atoms with Crippen LogP contribution in [0, 0.1) is 0 Å². The summed E-state index contributed by atoms with van der Waals surface area (Å²) in [5, 5.41) is 1.74. The molecule has 6 heteroatoms. The van der Waals surface area contributed by atoms with Crippen LogP contribution in [0.4, 0.5) is 5.69 Å². The maximum Gasteiger partial charge on any atom is 0.242 e.